The minimum absolute atomic E-state index is 0.0363. The highest BCUT2D eigenvalue weighted by Crippen LogP contribution is 2.44. The highest BCUT2D eigenvalue weighted by Gasteiger charge is 2.40. The molecule has 0 fully saturated rings. The van der Waals surface area contributed by atoms with Crippen LogP contribution in [0.4, 0.5) is 0 Å². The SMILES string of the molecule is N#Cc1c(Cl)c(Cl)c(Cl)c(C#N)c1Cl.O=C1c2ccccc2C(=O)N1SC(Cl)(Cl)Cl. The number of imide groups is 1. The first-order valence-corrected chi connectivity index (χ1v) is 10.8. The zero-order valence-corrected chi connectivity index (χ0v) is 20.1. The Morgan fingerprint density at radius 2 is 1.17 bits per heavy atom. The molecule has 154 valence electrons. The van der Waals surface area contributed by atoms with E-state index in [0.29, 0.717) is 23.1 Å². The Labute approximate surface area is 210 Å². The molecule has 0 aromatic heterocycles. The molecule has 30 heavy (non-hydrogen) atoms. The van der Waals surface area contributed by atoms with Crippen LogP contribution in [0.1, 0.15) is 31.8 Å². The Bertz CT molecular complexity index is 1060. The first-order chi connectivity index (χ1) is 13.9. The van der Waals surface area contributed by atoms with Gasteiger partial charge in [-0.25, -0.2) is 4.31 Å². The van der Waals surface area contributed by atoms with Crippen LogP contribution in [0.15, 0.2) is 24.3 Å². The number of nitriles is 2. The molecule has 2 aromatic carbocycles. The average molecular weight is 562 g/mol. The van der Waals surface area contributed by atoms with Crippen LogP contribution in [-0.2, 0) is 0 Å². The molecule has 3 rings (SSSR count). The van der Waals surface area contributed by atoms with Crippen LogP contribution in [0.2, 0.25) is 20.1 Å². The van der Waals surface area contributed by atoms with Gasteiger partial charge in [0.25, 0.3) is 14.9 Å². The lowest BCUT2D eigenvalue weighted by molar-refractivity contribution is 0.0777. The van der Waals surface area contributed by atoms with Crippen LogP contribution in [0.25, 0.3) is 0 Å². The predicted octanol–water partition coefficient (Wildman–Crippen LogP) is 7.30. The van der Waals surface area contributed by atoms with Crippen LogP contribution < -0.4 is 0 Å². The van der Waals surface area contributed by atoms with Crippen molar-refractivity contribution in [2.45, 2.75) is 3.12 Å². The summed E-state index contributed by atoms with van der Waals surface area (Å²) in [5.41, 5.74) is 0.571. The summed E-state index contributed by atoms with van der Waals surface area (Å²) in [5, 5.41) is 17.2. The summed E-state index contributed by atoms with van der Waals surface area (Å²) in [5.74, 6) is -0.922. The van der Waals surface area contributed by atoms with E-state index in [1.165, 1.54) is 0 Å². The minimum atomic E-state index is -1.74. The number of carbonyl (C=O) groups excluding carboxylic acids is 2. The molecule has 5 nitrogen and oxygen atoms in total. The molecule has 0 unspecified atom stereocenters. The van der Waals surface area contributed by atoms with Gasteiger partial charge >= 0.3 is 0 Å². The Balaban J connectivity index is 0.000000216. The summed E-state index contributed by atoms with van der Waals surface area (Å²) in [6.45, 7) is 0. The highest BCUT2D eigenvalue weighted by molar-refractivity contribution is 8.03. The molecule has 1 aliphatic heterocycles. The van der Waals surface area contributed by atoms with Crippen molar-refractivity contribution in [2.75, 3.05) is 0 Å². The fourth-order valence-electron chi connectivity index (χ4n) is 2.18. The third-order valence-electron chi connectivity index (χ3n) is 3.44. The highest BCUT2D eigenvalue weighted by atomic mass is 35.6. The number of hydrogen-bond donors (Lipinski definition) is 0. The Morgan fingerprint density at radius 1 is 0.767 bits per heavy atom. The van der Waals surface area contributed by atoms with E-state index >= 15 is 0 Å². The molecule has 0 aliphatic carbocycles. The predicted molar refractivity (Wildman–Crippen MR) is 121 cm³/mol. The number of halogens is 7. The van der Waals surface area contributed by atoms with E-state index in [0.717, 1.165) is 4.31 Å². The van der Waals surface area contributed by atoms with Crippen molar-refractivity contribution >= 4 is 105 Å². The fraction of sp³-hybridized carbons (Fsp3) is 0.0588. The van der Waals surface area contributed by atoms with Crippen molar-refractivity contribution in [3.63, 3.8) is 0 Å². The largest absolute Gasteiger partial charge is 0.271 e. The smallest absolute Gasteiger partial charge is 0.268 e. The summed E-state index contributed by atoms with van der Waals surface area (Å²) in [4.78, 5) is 23.6. The zero-order chi connectivity index (χ0) is 22.8. The molecule has 2 amide bonds. The quantitative estimate of drug-likeness (QED) is 0.120. The first-order valence-electron chi connectivity index (χ1n) is 7.34. The standard InChI is InChI=1S/C9H4Cl3NO2S.C8Cl4N2/c10-9(11,12)16-13-7(14)5-3-1-2-4-6(5)8(13)15;9-5-3(1-13)6(10)8(12)7(11)4(5)2-14/h1-4H;. The second kappa shape index (κ2) is 10.0. The van der Waals surface area contributed by atoms with Gasteiger partial charge in [-0.3, -0.25) is 9.59 Å². The molecule has 0 radical (unpaired) electrons. The van der Waals surface area contributed by atoms with E-state index in [4.69, 9.17) is 91.7 Å². The summed E-state index contributed by atoms with van der Waals surface area (Å²) in [6, 6.07) is 9.97. The zero-order valence-electron chi connectivity index (χ0n) is 14.0. The third-order valence-corrected chi connectivity index (χ3v) is 6.49. The van der Waals surface area contributed by atoms with E-state index in [1.54, 1.807) is 36.4 Å². The van der Waals surface area contributed by atoms with Crippen LogP contribution in [-0.4, -0.2) is 19.2 Å². The number of nitrogens with zero attached hydrogens (tertiary/aromatic N) is 3. The van der Waals surface area contributed by atoms with E-state index in [2.05, 4.69) is 0 Å². The van der Waals surface area contributed by atoms with Gasteiger partial charge in [0.2, 0.25) is 0 Å². The number of fused-ring (bicyclic) bond motifs is 1. The van der Waals surface area contributed by atoms with Gasteiger partial charge in [-0.15, -0.1) is 0 Å². The van der Waals surface area contributed by atoms with Crippen molar-refractivity contribution in [3.8, 4) is 12.1 Å². The van der Waals surface area contributed by atoms with E-state index < -0.39 is 14.9 Å². The molecular weight excluding hydrogens is 558 g/mol. The molecule has 0 saturated carbocycles. The second-order valence-electron chi connectivity index (χ2n) is 5.22. The molecule has 0 spiro atoms. The van der Waals surface area contributed by atoms with E-state index in [1.807, 2.05) is 0 Å². The number of alkyl halides is 3. The monoisotopic (exact) mass is 559 g/mol. The minimum Gasteiger partial charge on any atom is -0.268 e. The molecule has 0 N–H and O–H groups in total. The van der Waals surface area contributed by atoms with Crippen molar-refractivity contribution < 1.29 is 9.59 Å². The van der Waals surface area contributed by atoms with Crippen LogP contribution in [0.5, 0.6) is 0 Å². The van der Waals surface area contributed by atoms with Crippen LogP contribution in [0.3, 0.4) is 0 Å². The van der Waals surface area contributed by atoms with E-state index in [9.17, 15) is 9.59 Å². The van der Waals surface area contributed by atoms with Gasteiger partial charge in [-0.1, -0.05) is 93.3 Å². The maximum atomic E-state index is 11.8. The average Bonchev–Trinajstić information content (AvgIpc) is 2.92. The summed E-state index contributed by atoms with van der Waals surface area (Å²) in [6.07, 6.45) is 0. The van der Waals surface area contributed by atoms with Gasteiger partial charge in [-0.05, 0) is 12.1 Å². The van der Waals surface area contributed by atoms with Crippen molar-refractivity contribution in [1.29, 1.82) is 10.5 Å². The van der Waals surface area contributed by atoms with Gasteiger partial charge in [0.05, 0.1) is 42.3 Å². The third kappa shape index (κ3) is 5.22. The van der Waals surface area contributed by atoms with Crippen molar-refractivity contribution in [3.05, 3.63) is 66.6 Å². The maximum Gasteiger partial charge on any atom is 0.271 e. The summed E-state index contributed by atoms with van der Waals surface area (Å²) >= 11 is 40.0. The number of carbonyl (C=O) groups is 2. The molecule has 1 aliphatic rings. The van der Waals surface area contributed by atoms with Gasteiger partial charge in [0.1, 0.15) is 12.1 Å². The maximum absolute atomic E-state index is 11.8. The molecule has 0 saturated heterocycles. The molecule has 13 heteroatoms. The lowest BCUT2D eigenvalue weighted by atomic mass is 10.1. The van der Waals surface area contributed by atoms with Gasteiger partial charge in [-0.2, -0.15) is 10.5 Å². The molecule has 0 atom stereocenters. The Hall–Kier alpha value is -1.06. The fourth-order valence-corrected chi connectivity index (χ4v) is 4.44. The van der Waals surface area contributed by atoms with Crippen molar-refractivity contribution in [2.24, 2.45) is 0 Å². The number of hydrogen-bond acceptors (Lipinski definition) is 5. The lowest BCUT2D eigenvalue weighted by Gasteiger charge is -2.17. The van der Waals surface area contributed by atoms with Gasteiger partial charge in [0, 0.05) is 11.9 Å². The normalized spacial score (nSPS) is 12.6. The molecular formula is C17H4Cl7N3O2S. The number of rotatable bonds is 1. The molecule has 0 bridgehead atoms. The van der Waals surface area contributed by atoms with Gasteiger partial charge in [0.15, 0.2) is 0 Å². The number of benzene rings is 2. The van der Waals surface area contributed by atoms with Crippen molar-refractivity contribution in [1.82, 2.24) is 4.31 Å². The van der Waals surface area contributed by atoms with E-state index in [-0.39, 0.29) is 31.2 Å². The topological polar surface area (TPSA) is 85.0 Å². The van der Waals surface area contributed by atoms with Crippen LogP contribution in [0, 0.1) is 22.7 Å². The summed E-state index contributed by atoms with van der Waals surface area (Å²) in [7, 11) is 0. The molecule has 2 aromatic rings. The first kappa shape index (κ1) is 25.2. The number of amides is 2. The second-order valence-corrected chi connectivity index (χ2v) is 10.8. The lowest BCUT2D eigenvalue weighted by Crippen LogP contribution is -2.25. The van der Waals surface area contributed by atoms with Gasteiger partial charge < -0.3 is 0 Å². The van der Waals surface area contributed by atoms with Crippen LogP contribution >= 0.6 is 93.2 Å². The Kier molecular flexibility index (Phi) is 8.43. The molecule has 1 heterocycles. The Morgan fingerprint density at radius 3 is 1.50 bits per heavy atom. The summed E-state index contributed by atoms with van der Waals surface area (Å²) < 4.78 is -0.884.